The molecule has 4 nitrogen and oxygen atoms in total. The maximum absolute atomic E-state index is 8.33. The second kappa shape index (κ2) is 8.92. The summed E-state index contributed by atoms with van der Waals surface area (Å²) in [5.74, 6) is 1.04. The van der Waals surface area contributed by atoms with Crippen LogP contribution in [-0.4, -0.2) is 43.9 Å². The third-order valence-electron chi connectivity index (χ3n) is 3.09. The molecule has 2 aromatic carbocycles. The zero-order valence-corrected chi connectivity index (χ0v) is 13.7. The van der Waals surface area contributed by atoms with E-state index in [1.54, 1.807) is 0 Å². The number of para-hydroxylation sites is 1. The second-order valence-electron chi connectivity index (χ2n) is 4.41. The van der Waals surface area contributed by atoms with Crippen LogP contribution in [0.15, 0.2) is 54.6 Å². The van der Waals surface area contributed by atoms with E-state index in [4.69, 9.17) is 19.7 Å². The Kier molecular flexibility index (Phi) is 7.57. The molecule has 1 atom stereocenters. The van der Waals surface area contributed by atoms with Crippen molar-refractivity contribution in [1.82, 2.24) is 0 Å². The number of fused-ring (bicyclic) bond motifs is 1. The summed E-state index contributed by atoms with van der Waals surface area (Å²) in [4.78, 5) is 8.33. The zero-order chi connectivity index (χ0) is 14.4. The van der Waals surface area contributed by atoms with Gasteiger partial charge in [0, 0.05) is 0 Å². The topological polar surface area (TPSA) is 72.4 Å². The van der Waals surface area contributed by atoms with Gasteiger partial charge in [0.05, 0.1) is 0 Å². The number of aryl methyl sites for hydroxylation is 1. The molecule has 0 amide bonds. The average Bonchev–Trinajstić information content (AvgIpc) is 2.47. The van der Waals surface area contributed by atoms with E-state index in [2.05, 4.69) is 42.5 Å². The van der Waals surface area contributed by atoms with Crippen LogP contribution < -0.4 is 14.9 Å². The number of carboxylic acid groups (broad SMARTS) is 2. The second-order valence-corrected chi connectivity index (χ2v) is 4.41. The summed E-state index contributed by atoms with van der Waals surface area (Å²) in [5, 5.41) is 16.7. The molecule has 1 aliphatic heterocycles. The van der Waals surface area contributed by atoms with Gasteiger partial charge in [-0.2, -0.15) is 0 Å². The number of carbonyl (C=O) groups excluding carboxylic acids is 1. The summed E-state index contributed by atoms with van der Waals surface area (Å²) in [6.45, 7) is 0. The minimum Gasteiger partial charge on any atom is -0.652 e. The molecule has 104 valence electrons. The predicted molar refractivity (Wildman–Crippen MR) is 75.7 cm³/mol. The van der Waals surface area contributed by atoms with Crippen molar-refractivity contribution < 1.29 is 19.7 Å². The van der Waals surface area contributed by atoms with E-state index in [1.807, 2.05) is 12.1 Å². The van der Waals surface area contributed by atoms with Crippen LogP contribution in [0, 0.1) is 0 Å². The van der Waals surface area contributed by atoms with E-state index in [0.717, 1.165) is 18.6 Å². The maximum atomic E-state index is 8.33. The van der Waals surface area contributed by atoms with Crippen LogP contribution in [0.5, 0.6) is 5.75 Å². The Labute approximate surface area is 153 Å². The van der Waals surface area contributed by atoms with Crippen molar-refractivity contribution in [3.05, 3.63) is 65.7 Å². The Morgan fingerprint density at radius 2 is 1.57 bits per heavy atom. The van der Waals surface area contributed by atoms with E-state index in [-0.39, 0.29) is 43.8 Å². The normalized spacial score (nSPS) is 15.3. The van der Waals surface area contributed by atoms with Gasteiger partial charge in [-0.05, 0) is 36.2 Å². The first kappa shape index (κ1) is 17.8. The molecule has 0 bridgehead atoms. The number of rotatable bonds is 1. The first-order valence-electron chi connectivity index (χ1n) is 6.34. The van der Waals surface area contributed by atoms with E-state index in [9.17, 15) is 0 Å². The summed E-state index contributed by atoms with van der Waals surface area (Å²) in [6, 6.07) is 18.8. The third kappa shape index (κ3) is 5.58. The maximum Gasteiger partial charge on any atom is 2.00 e. The van der Waals surface area contributed by atoms with Crippen molar-refractivity contribution in [1.29, 1.82) is 0 Å². The van der Waals surface area contributed by atoms with Crippen molar-refractivity contribution in [3.8, 4) is 5.75 Å². The van der Waals surface area contributed by atoms with Crippen molar-refractivity contribution in [2.75, 3.05) is 0 Å². The fourth-order valence-corrected chi connectivity index (χ4v) is 2.23. The largest absolute Gasteiger partial charge is 2.00 e. The van der Waals surface area contributed by atoms with Gasteiger partial charge in [0.1, 0.15) is 11.9 Å². The Morgan fingerprint density at radius 1 is 1.00 bits per heavy atom. The van der Waals surface area contributed by atoms with Gasteiger partial charge in [-0.25, -0.2) is 0 Å². The number of hydrogen-bond acceptors (Lipinski definition) is 4. The number of ether oxygens (including phenoxy) is 1. The number of carbonyl (C=O) groups is 1. The minimum absolute atomic E-state index is 0. The standard InChI is InChI=1S/C15H14O.CH2O3.Ca/c1-2-6-12(7-3-1)15-11-10-13-8-4-5-9-14(13)16-15;2-1(3)4;/h1-9,15H,10-11H2;(H2,2,3,4);/q;;+2/p-2. The molecule has 0 saturated heterocycles. The Bertz CT molecular complexity index is 567. The summed E-state index contributed by atoms with van der Waals surface area (Å²) in [7, 11) is 0. The van der Waals surface area contributed by atoms with Gasteiger partial charge in [-0.1, -0.05) is 48.5 Å². The minimum atomic E-state index is -2.33. The predicted octanol–water partition coefficient (Wildman–Crippen LogP) is 0.925. The Balaban J connectivity index is 0.000000397. The summed E-state index contributed by atoms with van der Waals surface area (Å²) in [5.41, 5.74) is 2.60. The van der Waals surface area contributed by atoms with Gasteiger partial charge in [-0.15, -0.1) is 0 Å². The van der Waals surface area contributed by atoms with Crippen molar-refractivity contribution >= 4 is 43.9 Å². The molecular formula is C16H14CaO4. The molecule has 3 rings (SSSR count). The van der Waals surface area contributed by atoms with Gasteiger partial charge in [-0.3, -0.25) is 0 Å². The molecule has 1 heterocycles. The van der Waals surface area contributed by atoms with Crippen LogP contribution in [0.1, 0.15) is 23.7 Å². The third-order valence-corrected chi connectivity index (χ3v) is 3.09. The quantitative estimate of drug-likeness (QED) is 0.734. The van der Waals surface area contributed by atoms with E-state index >= 15 is 0 Å². The molecule has 0 aliphatic carbocycles. The number of hydrogen-bond donors (Lipinski definition) is 0. The van der Waals surface area contributed by atoms with Gasteiger partial charge in [0.2, 0.25) is 0 Å². The van der Waals surface area contributed by atoms with Crippen molar-refractivity contribution in [3.63, 3.8) is 0 Å². The smallest absolute Gasteiger partial charge is 0.652 e. The van der Waals surface area contributed by atoms with Crippen LogP contribution in [-0.2, 0) is 6.42 Å². The first-order valence-corrected chi connectivity index (χ1v) is 6.34. The Morgan fingerprint density at radius 3 is 2.24 bits per heavy atom. The van der Waals surface area contributed by atoms with Crippen molar-refractivity contribution in [2.45, 2.75) is 18.9 Å². The van der Waals surface area contributed by atoms with Crippen molar-refractivity contribution in [2.24, 2.45) is 0 Å². The van der Waals surface area contributed by atoms with Crippen LogP contribution >= 0.6 is 0 Å². The summed E-state index contributed by atoms with van der Waals surface area (Å²) < 4.78 is 6.02. The first-order chi connectivity index (χ1) is 9.66. The van der Waals surface area contributed by atoms with Gasteiger partial charge < -0.3 is 19.7 Å². The van der Waals surface area contributed by atoms with Crippen LogP contribution in [0.25, 0.3) is 0 Å². The molecule has 1 aliphatic rings. The average molecular weight is 310 g/mol. The van der Waals surface area contributed by atoms with Crippen LogP contribution in [0.2, 0.25) is 0 Å². The fraction of sp³-hybridized carbons (Fsp3) is 0.188. The van der Waals surface area contributed by atoms with Crippen LogP contribution in [0.3, 0.4) is 0 Å². The molecule has 2 aromatic rings. The van der Waals surface area contributed by atoms with E-state index in [0.29, 0.717) is 0 Å². The summed E-state index contributed by atoms with van der Waals surface area (Å²) in [6.07, 6.45) is 0.0626. The van der Waals surface area contributed by atoms with Crippen LogP contribution in [0.4, 0.5) is 4.79 Å². The van der Waals surface area contributed by atoms with Gasteiger partial charge in [0.15, 0.2) is 0 Å². The molecule has 0 spiro atoms. The van der Waals surface area contributed by atoms with E-state index < -0.39 is 6.16 Å². The molecular weight excluding hydrogens is 296 g/mol. The zero-order valence-electron chi connectivity index (χ0n) is 11.5. The molecule has 0 fully saturated rings. The fourth-order valence-electron chi connectivity index (χ4n) is 2.23. The Hall–Kier alpha value is -1.23. The number of benzene rings is 2. The molecule has 0 N–H and O–H groups in total. The molecule has 5 heteroatoms. The van der Waals surface area contributed by atoms with E-state index in [1.165, 1.54) is 11.1 Å². The molecule has 1 unspecified atom stereocenters. The SMILES string of the molecule is O=C([O-])[O-].[Ca+2].c1ccc(C2CCc3ccccc3O2)cc1. The molecule has 0 saturated carbocycles. The molecule has 0 radical (unpaired) electrons. The monoisotopic (exact) mass is 310 g/mol. The summed E-state index contributed by atoms with van der Waals surface area (Å²) >= 11 is 0. The van der Waals surface area contributed by atoms with Gasteiger partial charge >= 0.3 is 37.7 Å². The van der Waals surface area contributed by atoms with Gasteiger partial charge in [0.25, 0.3) is 0 Å². The molecule has 0 aromatic heterocycles. The molecule has 21 heavy (non-hydrogen) atoms.